The summed E-state index contributed by atoms with van der Waals surface area (Å²) in [6, 6.07) is 8.43. The molecule has 160 valence electrons. The van der Waals surface area contributed by atoms with E-state index in [9.17, 15) is 4.79 Å². The van der Waals surface area contributed by atoms with Crippen molar-refractivity contribution in [1.29, 1.82) is 0 Å². The number of likely N-dealkylation sites (tertiary alicyclic amines) is 1. The smallest absolute Gasteiger partial charge is 0.276 e. The first-order chi connectivity index (χ1) is 13.2. The zero-order valence-electron chi connectivity index (χ0n) is 18.2. The van der Waals surface area contributed by atoms with Gasteiger partial charge in [-0.1, -0.05) is 58.4 Å². The van der Waals surface area contributed by atoms with Gasteiger partial charge in [-0.2, -0.15) is 0 Å². The lowest BCUT2D eigenvalue weighted by molar-refractivity contribution is 0.0526. The van der Waals surface area contributed by atoms with Crippen LogP contribution in [0.2, 0.25) is 0 Å². The number of nitrogens with zero attached hydrogens (tertiary/aromatic N) is 4. The molecular weight excluding hydrogens is 386 g/mol. The van der Waals surface area contributed by atoms with Crippen molar-refractivity contribution in [3.05, 3.63) is 41.2 Å². The van der Waals surface area contributed by atoms with Crippen LogP contribution in [0.5, 0.6) is 0 Å². The molecule has 7 heteroatoms. The molecule has 0 spiro atoms. The summed E-state index contributed by atoms with van der Waals surface area (Å²) in [5.41, 5.74) is 9.71. The van der Waals surface area contributed by atoms with Crippen molar-refractivity contribution < 1.29 is 4.79 Å². The Morgan fingerprint density at radius 1 is 1.34 bits per heavy atom. The Hall–Kier alpha value is -1.92. The summed E-state index contributed by atoms with van der Waals surface area (Å²) in [6.07, 6.45) is 2.50. The number of nitrogens with two attached hydrogens (primary N) is 1. The molecule has 2 N–H and O–H groups in total. The van der Waals surface area contributed by atoms with Crippen molar-refractivity contribution in [2.24, 2.45) is 11.1 Å². The maximum absolute atomic E-state index is 13.3. The van der Waals surface area contributed by atoms with Crippen molar-refractivity contribution >= 4 is 18.3 Å². The molecule has 1 aromatic carbocycles. The molecule has 0 aliphatic carbocycles. The summed E-state index contributed by atoms with van der Waals surface area (Å²) in [4.78, 5) is 15.2. The van der Waals surface area contributed by atoms with E-state index in [1.165, 1.54) is 5.56 Å². The number of carbonyl (C=O) groups excluding carboxylic acids is 1. The third-order valence-electron chi connectivity index (χ3n) is 5.83. The molecular formula is C22H34ClN5O. The van der Waals surface area contributed by atoms with E-state index in [2.05, 4.69) is 57.1 Å². The average Bonchev–Trinajstić information content (AvgIpc) is 3.07. The molecule has 0 saturated carbocycles. The first-order valence-corrected chi connectivity index (χ1v) is 10.3. The second kappa shape index (κ2) is 9.26. The lowest BCUT2D eigenvalue weighted by Gasteiger charge is -2.42. The summed E-state index contributed by atoms with van der Waals surface area (Å²) < 4.78 is 1.84. The fraction of sp³-hybridized carbons (Fsp3) is 0.591. The van der Waals surface area contributed by atoms with Crippen LogP contribution >= 0.6 is 12.4 Å². The zero-order chi connectivity index (χ0) is 20.5. The Kier molecular flexibility index (Phi) is 7.46. The first-order valence-electron chi connectivity index (χ1n) is 10.3. The third-order valence-corrected chi connectivity index (χ3v) is 5.83. The lowest BCUT2D eigenvalue weighted by atomic mass is 9.79. The first kappa shape index (κ1) is 23.4. The van der Waals surface area contributed by atoms with E-state index in [1.54, 1.807) is 0 Å². The number of amides is 1. The quantitative estimate of drug-likeness (QED) is 0.795. The topological polar surface area (TPSA) is 77.0 Å². The van der Waals surface area contributed by atoms with Crippen LogP contribution in [-0.4, -0.2) is 44.9 Å². The number of halogens is 1. The standard InChI is InChI=1S/C22H33N5O.ClH/c1-6-8-18-20(21(28)26-12-11-19(23)22(4,5)14-26)24-25-27(18)17-10-7-9-16(13-17)15(2)3;/h7,9-10,13,15,19H,6,8,11-12,14,23H2,1-5H3;1H. The number of aromatic nitrogens is 3. The number of rotatable bonds is 5. The second-order valence-corrected chi connectivity index (χ2v) is 8.91. The van der Waals surface area contributed by atoms with Crippen LogP contribution in [0.25, 0.3) is 5.69 Å². The van der Waals surface area contributed by atoms with Gasteiger partial charge in [-0.15, -0.1) is 17.5 Å². The monoisotopic (exact) mass is 419 g/mol. The summed E-state index contributed by atoms with van der Waals surface area (Å²) in [5, 5.41) is 8.69. The van der Waals surface area contributed by atoms with Crippen molar-refractivity contribution in [1.82, 2.24) is 19.9 Å². The van der Waals surface area contributed by atoms with Gasteiger partial charge >= 0.3 is 0 Å². The van der Waals surface area contributed by atoms with Crippen LogP contribution in [0, 0.1) is 5.41 Å². The molecule has 1 unspecified atom stereocenters. The minimum atomic E-state index is -0.0968. The molecule has 1 aromatic heterocycles. The Morgan fingerprint density at radius 2 is 2.07 bits per heavy atom. The lowest BCUT2D eigenvalue weighted by Crippen LogP contribution is -2.54. The molecule has 2 aromatic rings. The van der Waals surface area contributed by atoms with Crippen molar-refractivity contribution in [3.63, 3.8) is 0 Å². The van der Waals surface area contributed by atoms with Crippen LogP contribution < -0.4 is 5.73 Å². The second-order valence-electron chi connectivity index (χ2n) is 8.91. The zero-order valence-corrected chi connectivity index (χ0v) is 19.0. The molecule has 1 saturated heterocycles. The molecule has 1 atom stereocenters. The highest BCUT2D eigenvalue weighted by Crippen LogP contribution is 2.29. The molecule has 1 amide bonds. The third kappa shape index (κ3) is 4.81. The van der Waals surface area contributed by atoms with E-state index >= 15 is 0 Å². The van der Waals surface area contributed by atoms with Gasteiger partial charge in [0.25, 0.3) is 5.91 Å². The Balaban J connectivity index is 0.00000300. The van der Waals surface area contributed by atoms with Crippen LogP contribution in [0.4, 0.5) is 0 Å². The van der Waals surface area contributed by atoms with E-state index < -0.39 is 0 Å². The number of carbonyl (C=O) groups is 1. The van der Waals surface area contributed by atoms with E-state index in [0.29, 0.717) is 24.7 Å². The molecule has 3 rings (SSSR count). The van der Waals surface area contributed by atoms with E-state index in [-0.39, 0.29) is 29.8 Å². The van der Waals surface area contributed by atoms with Gasteiger partial charge in [-0.25, -0.2) is 4.68 Å². The average molecular weight is 420 g/mol. The number of hydrogen-bond donors (Lipinski definition) is 1. The highest BCUT2D eigenvalue weighted by molar-refractivity contribution is 5.93. The van der Waals surface area contributed by atoms with Crippen LogP contribution in [0.15, 0.2) is 24.3 Å². The Bertz CT molecular complexity index is 845. The van der Waals surface area contributed by atoms with E-state index in [4.69, 9.17) is 5.73 Å². The minimum Gasteiger partial charge on any atom is -0.337 e. The molecule has 29 heavy (non-hydrogen) atoms. The Labute approximate surface area is 180 Å². The Morgan fingerprint density at radius 3 is 2.69 bits per heavy atom. The maximum Gasteiger partial charge on any atom is 0.276 e. The number of piperidine rings is 1. The normalized spacial score (nSPS) is 18.6. The molecule has 2 heterocycles. The number of hydrogen-bond acceptors (Lipinski definition) is 4. The fourth-order valence-electron chi connectivity index (χ4n) is 3.85. The summed E-state index contributed by atoms with van der Waals surface area (Å²) >= 11 is 0. The maximum atomic E-state index is 13.3. The van der Waals surface area contributed by atoms with E-state index in [1.807, 2.05) is 21.7 Å². The highest BCUT2D eigenvalue weighted by atomic mass is 35.5. The minimum absolute atomic E-state index is 0. The van der Waals surface area contributed by atoms with E-state index in [0.717, 1.165) is 30.6 Å². The summed E-state index contributed by atoms with van der Waals surface area (Å²) in [7, 11) is 0. The highest BCUT2D eigenvalue weighted by Gasteiger charge is 2.37. The van der Waals surface area contributed by atoms with Crippen LogP contribution in [0.1, 0.15) is 75.1 Å². The van der Waals surface area contributed by atoms with Gasteiger partial charge in [0.05, 0.1) is 11.4 Å². The van der Waals surface area contributed by atoms with Crippen molar-refractivity contribution in [3.8, 4) is 5.69 Å². The van der Waals surface area contributed by atoms with Gasteiger partial charge in [0.15, 0.2) is 5.69 Å². The predicted molar refractivity (Wildman–Crippen MR) is 119 cm³/mol. The predicted octanol–water partition coefficient (Wildman–Crippen LogP) is 3.96. The van der Waals surface area contributed by atoms with Gasteiger partial charge in [-0.05, 0) is 41.9 Å². The molecule has 1 fully saturated rings. The van der Waals surface area contributed by atoms with Crippen LogP contribution in [0.3, 0.4) is 0 Å². The van der Waals surface area contributed by atoms with Gasteiger partial charge in [-0.3, -0.25) is 4.79 Å². The fourth-order valence-corrected chi connectivity index (χ4v) is 3.85. The summed E-state index contributed by atoms with van der Waals surface area (Å²) in [6.45, 7) is 12.0. The molecule has 0 bridgehead atoms. The van der Waals surface area contributed by atoms with Gasteiger partial charge in [0.2, 0.25) is 0 Å². The molecule has 1 aliphatic rings. The number of benzene rings is 1. The molecule has 1 aliphatic heterocycles. The van der Waals surface area contributed by atoms with Crippen molar-refractivity contribution in [2.45, 2.75) is 65.8 Å². The largest absolute Gasteiger partial charge is 0.337 e. The molecule has 0 radical (unpaired) electrons. The van der Waals surface area contributed by atoms with Gasteiger partial charge in [0.1, 0.15) is 0 Å². The van der Waals surface area contributed by atoms with Gasteiger partial charge in [0, 0.05) is 19.1 Å². The SMILES string of the molecule is CCCc1c(C(=O)N2CCC(N)C(C)(C)C2)nnn1-c1cccc(C(C)C)c1.Cl. The van der Waals surface area contributed by atoms with Gasteiger partial charge < -0.3 is 10.6 Å². The van der Waals surface area contributed by atoms with Crippen molar-refractivity contribution in [2.75, 3.05) is 13.1 Å². The summed E-state index contributed by atoms with van der Waals surface area (Å²) in [5.74, 6) is 0.397. The van der Waals surface area contributed by atoms with Crippen LogP contribution in [-0.2, 0) is 6.42 Å². The molecule has 6 nitrogen and oxygen atoms in total.